The van der Waals surface area contributed by atoms with Crippen LogP contribution in [0.25, 0.3) is 0 Å². The molecular weight excluding hydrogens is 230 g/mol. The number of carboxylic acid groups (broad SMARTS) is 1. The molecule has 104 valence electrons. The molecule has 1 aliphatic carbocycles. The van der Waals surface area contributed by atoms with Gasteiger partial charge in [0.05, 0.1) is 0 Å². The van der Waals surface area contributed by atoms with Crippen LogP contribution in [0.2, 0.25) is 0 Å². The van der Waals surface area contributed by atoms with E-state index in [9.17, 15) is 9.59 Å². The van der Waals surface area contributed by atoms with Crippen LogP contribution < -0.4 is 5.32 Å². The van der Waals surface area contributed by atoms with Gasteiger partial charge in [-0.3, -0.25) is 4.79 Å². The molecule has 4 heteroatoms. The van der Waals surface area contributed by atoms with Gasteiger partial charge in [-0.2, -0.15) is 0 Å². The molecule has 0 saturated heterocycles. The van der Waals surface area contributed by atoms with E-state index in [1.54, 1.807) is 0 Å². The zero-order chi connectivity index (χ0) is 13.5. The maximum atomic E-state index is 11.7. The highest BCUT2D eigenvalue weighted by molar-refractivity contribution is 5.83. The number of hydrogen-bond donors (Lipinski definition) is 2. The van der Waals surface area contributed by atoms with Crippen molar-refractivity contribution in [1.82, 2.24) is 5.32 Å². The summed E-state index contributed by atoms with van der Waals surface area (Å²) in [4.78, 5) is 22.7. The topological polar surface area (TPSA) is 66.4 Å². The van der Waals surface area contributed by atoms with Gasteiger partial charge in [-0.05, 0) is 24.7 Å². The maximum Gasteiger partial charge on any atom is 0.326 e. The normalized spacial score (nSPS) is 17.9. The van der Waals surface area contributed by atoms with Crippen molar-refractivity contribution in [1.29, 1.82) is 0 Å². The van der Waals surface area contributed by atoms with Crippen LogP contribution in [0.5, 0.6) is 0 Å². The highest BCUT2D eigenvalue weighted by Crippen LogP contribution is 2.28. The fraction of sp³-hybridized carbons (Fsp3) is 0.857. The largest absolute Gasteiger partial charge is 0.480 e. The number of aliphatic carboxylic acids is 1. The van der Waals surface area contributed by atoms with Gasteiger partial charge in [0.1, 0.15) is 6.04 Å². The van der Waals surface area contributed by atoms with Crippen molar-refractivity contribution < 1.29 is 14.7 Å². The molecule has 0 bridgehead atoms. The number of carbonyl (C=O) groups is 2. The Morgan fingerprint density at radius 2 is 1.89 bits per heavy atom. The molecule has 1 amide bonds. The molecule has 0 aromatic carbocycles. The standard InChI is InChI=1S/C14H25NO3/c1-10(2)9-12(14(17)18)15-13(16)8-7-11-5-3-4-6-11/h10-12H,3-9H2,1-2H3,(H,15,16)(H,17,18). The lowest BCUT2D eigenvalue weighted by Gasteiger charge is -2.17. The van der Waals surface area contributed by atoms with Crippen LogP contribution in [0.3, 0.4) is 0 Å². The van der Waals surface area contributed by atoms with E-state index in [4.69, 9.17) is 5.11 Å². The average Bonchev–Trinajstić information content (AvgIpc) is 2.77. The van der Waals surface area contributed by atoms with E-state index in [0.29, 0.717) is 18.8 Å². The van der Waals surface area contributed by atoms with Crippen LogP contribution in [-0.2, 0) is 9.59 Å². The molecule has 0 spiro atoms. The van der Waals surface area contributed by atoms with Gasteiger partial charge in [0.2, 0.25) is 5.91 Å². The zero-order valence-electron chi connectivity index (χ0n) is 11.4. The number of nitrogens with one attached hydrogen (secondary N) is 1. The Kier molecular flexibility index (Phi) is 6.16. The fourth-order valence-corrected chi connectivity index (χ4v) is 2.59. The summed E-state index contributed by atoms with van der Waals surface area (Å²) in [6.45, 7) is 3.92. The molecule has 0 aliphatic heterocycles. The van der Waals surface area contributed by atoms with E-state index in [-0.39, 0.29) is 11.8 Å². The SMILES string of the molecule is CC(C)CC(NC(=O)CCC1CCCC1)C(=O)O. The van der Waals surface area contributed by atoms with E-state index >= 15 is 0 Å². The lowest BCUT2D eigenvalue weighted by Crippen LogP contribution is -2.41. The number of rotatable bonds is 7. The molecule has 2 N–H and O–H groups in total. The second-order valence-electron chi connectivity index (χ2n) is 5.78. The summed E-state index contributed by atoms with van der Waals surface area (Å²) >= 11 is 0. The summed E-state index contributed by atoms with van der Waals surface area (Å²) in [6.07, 6.45) is 6.86. The van der Waals surface area contributed by atoms with Gasteiger partial charge in [0.15, 0.2) is 0 Å². The van der Waals surface area contributed by atoms with Crippen molar-refractivity contribution in [2.75, 3.05) is 0 Å². The molecule has 4 nitrogen and oxygen atoms in total. The molecule has 0 radical (unpaired) electrons. The third kappa shape index (κ3) is 5.52. The van der Waals surface area contributed by atoms with Crippen LogP contribution >= 0.6 is 0 Å². The molecule has 1 aliphatic rings. The van der Waals surface area contributed by atoms with E-state index in [2.05, 4.69) is 5.32 Å². The molecule has 0 heterocycles. The van der Waals surface area contributed by atoms with Crippen molar-refractivity contribution in [3.8, 4) is 0 Å². The van der Waals surface area contributed by atoms with Crippen LogP contribution in [0.15, 0.2) is 0 Å². The summed E-state index contributed by atoms with van der Waals surface area (Å²) in [5.41, 5.74) is 0. The maximum absolute atomic E-state index is 11.7. The molecule has 1 rings (SSSR count). The molecule has 1 fully saturated rings. The van der Waals surface area contributed by atoms with Crippen molar-refractivity contribution in [2.45, 2.75) is 64.8 Å². The fourth-order valence-electron chi connectivity index (χ4n) is 2.59. The quantitative estimate of drug-likeness (QED) is 0.734. The number of carbonyl (C=O) groups excluding carboxylic acids is 1. The van der Waals surface area contributed by atoms with Gasteiger partial charge in [-0.1, -0.05) is 39.5 Å². The van der Waals surface area contributed by atoms with E-state index < -0.39 is 12.0 Å². The Bertz CT molecular complexity index is 283. The minimum Gasteiger partial charge on any atom is -0.480 e. The highest BCUT2D eigenvalue weighted by atomic mass is 16.4. The van der Waals surface area contributed by atoms with Gasteiger partial charge < -0.3 is 10.4 Å². The average molecular weight is 255 g/mol. The first-order chi connectivity index (χ1) is 8.49. The van der Waals surface area contributed by atoms with Crippen LogP contribution in [0.4, 0.5) is 0 Å². The second kappa shape index (κ2) is 7.39. The Hall–Kier alpha value is -1.06. The van der Waals surface area contributed by atoms with Gasteiger partial charge in [-0.25, -0.2) is 4.79 Å². The smallest absolute Gasteiger partial charge is 0.326 e. The monoisotopic (exact) mass is 255 g/mol. The summed E-state index contributed by atoms with van der Waals surface area (Å²) in [5.74, 6) is -0.113. The number of carboxylic acids is 1. The molecule has 1 unspecified atom stereocenters. The van der Waals surface area contributed by atoms with Crippen molar-refractivity contribution in [3.63, 3.8) is 0 Å². The summed E-state index contributed by atoms with van der Waals surface area (Å²) < 4.78 is 0. The second-order valence-corrected chi connectivity index (χ2v) is 5.78. The molecule has 1 saturated carbocycles. The minimum absolute atomic E-state index is 0.116. The van der Waals surface area contributed by atoms with Crippen LogP contribution in [-0.4, -0.2) is 23.0 Å². The molecule has 1 atom stereocenters. The Labute approximate surface area is 109 Å². The van der Waals surface area contributed by atoms with Crippen LogP contribution in [0, 0.1) is 11.8 Å². The van der Waals surface area contributed by atoms with Crippen molar-refractivity contribution >= 4 is 11.9 Å². The van der Waals surface area contributed by atoms with E-state index in [0.717, 1.165) is 6.42 Å². The molecule has 0 aromatic rings. The predicted molar refractivity (Wildman–Crippen MR) is 70.2 cm³/mol. The van der Waals surface area contributed by atoms with Crippen molar-refractivity contribution in [3.05, 3.63) is 0 Å². The summed E-state index contributed by atoms with van der Waals surface area (Å²) in [6, 6.07) is -0.735. The minimum atomic E-state index is -0.932. The third-order valence-corrected chi connectivity index (χ3v) is 3.59. The van der Waals surface area contributed by atoms with Gasteiger partial charge >= 0.3 is 5.97 Å². The first-order valence-corrected chi connectivity index (χ1v) is 7.01. The molecule has 0 aromatic heterocycles. The molecular formula is C14H25NO3. The van der Waals surface area contributed by atoms with Crippen molar-refractivity contribution in [2.24, 2.45) is 11.8 Å². The van der Waals surface area contributed by atoms with Gasteiger partial charge in [0.25, 0.3) is 0 Å². The van der Waals surface area contributed by atoms with Gasteiger partial charge in [-0.15, -0.1) is 0 Å². The Morgan fingerprint density at radius 1 is 1.28 bits per heavy atom. The predicted octanol–water partition coefficient (Wildman–Crippen LogP) is 2.57. The van der Waals surface area contributed by atoms with Gasteiger partial charge in [0, 0.05) is 6.42 Å². The van der Waals surface area contributed by atoms with Crippen LogP contribution in [0.1, 0.15) is 58.8 Å². The summed E-state index contributed by atoms with van der Waals surface area (Å²) in [7, 11) is 0. The summed E-state index contributed by atoms with van der Waals surface area (Å²) in [5, 5.41) is 11.7. The van der Waals surface area contributed by atoms with E-state index in [1.807, 2.05) is 13.8 Å². The highest BCUT2D eigenvalue weighted by Gasteiger charge is 2.22. The third-order valence-electron chi connectivity index (χ3n) is 3.59. The zero-order valence-corrected chi connectivity index (χ0v) is 11.4. The first-order valence-electron chi connectivity index (χ1n) is 7.01. The molecule has 18 heavy (non-hydrogen) atoms. The number of hydrogen-bond acceptors (Lipinski definition) is 2. The number of amides is 1. The Balaban J connectivity index is 2.29. The first kappa shape index (κ1) is 15.0. The lowest BCUT2D eigenvalue weighted by atomic mass is 10.0. The lowest BCUT2D eigenvalue weighted by molar-refractivity contribution is -0.142. The van der Waals surface area contributed by atoms with E-state index in [1.165, 1.54) is 25.7 Å². The Morgan fingerprint density at radius 3 is 2.39 bits per heavy atom.